The predicted octanol–water partition coefficient (Wildman–Crippen LogP) is 11.4. The molecule has 0 saturated carbocycles. The molecule has 368 valence electrons. The summed E-state index contributed by atoms with van der Waals surface area (Å²) in [5, 5.41) is 19.2. The molecule has 2 fully saturated rings. The number of hydrogen-bond acceptors (Lipinski definition) is 7. The van der Waals surface area contributed by atoms with Gasteiger partial charge in [-0.25, -0.2) is 9.59 Å². The quantitative estimate of drug-likeness (QED) is 0.105. The molecule has 2 unspecified atom stereocenters. The SMILES string of the molecule is COc1ccccc1-c1cc(Sc2cc(-c3ccccc3OC)c(/C=C/C(=O)N3CCCC3C(=O)O)c(C(F)(F)F)c2C(F)(F)F)c(C(F)(F)F)c(C(F)(F)F)c1/C=C/C(=O)N1CCCC1C(=O)O. The second-order valence-electron chi connectivity index (χ2n) is 15.4. The van der Waals surface area contributed by atoms with Gasteiger partial charge < -0.3 is 29.5 Å². The van der Waals surface area contributed by atoms with Crippen LogP contribution in [0.1, 0.15) is 59.1 Å². The summed E-state index contributed by atoms with van der Waals surface area (Å²) in [5.41, 5.74) is -15.8. The Morgan fingerprint density at radius 2 is 0.884 bits per heavy atom. The number of carbonyl (C=O) groups excluding carboxylic acids is 2. The van der Waals surface area contributed by atoms with Crippen molar-refractivity contribution in [1.82, 2.24) is 9.80 Å². The van der Waals surface area contributed by atoms with Crippen LogP contribution >= 0.6 is 11.8 Å². The predicted molar refractivity (Wildman–Crippen MR) is 224 cm³/mol. The number of amides is 2. The maximum Gasteiger partial charge on any atom is 0.418 e. The Balaban J connectivity index is 1.73. The summed E-state index contributed by atoms with van der Waals surface area (Å²) in [6.07, 6.45) is -22.8. The van der Waals surface area contributed by atoms with Crippen LogP contribution in [0.3, 0.4) is 0 Å². The molecular weight excluding hydrogens is 969 g/mol. The topological polar surface area (TPSA) is 134 Å². The molecule has 2 saturated heterocycles. The first-order chi connectivity index (χ1) is 32.2. The molecule has 2 aliphatic rings. The lowest BCUT2D eigenvalue weighted by Gasteiger charge is -2.27. The molecule has 4 aromatic carbocycles. The monoisotopic (exact) mass is 1000 g/mol. The molecular formula is C46H36F12N2O8S. The van der Waals surface area contributed by atoms with Gasteiger partial charge in [0, 0.05) is 46.2 Å². The van der Waals surface area contributed by atoms with Crippen molar-refractivity contribution in [3.63, 3.8) is 0 Å². The highest BCUT2D eigenvalue weighted by molar-refractivity contribution is 7.99. The van der Waals surface area contributed by atoms with Crippen LogP contribution in [0.25, 0.3) is 34.4 Å². The molecule has 0 aliphatic carbocycles. The number of likely N-dealkylation sites (tertiary alicyclic amines) is 2. The molecule has 6 rings (SSSR count). The van der Waals surface area contributed by atoms with Crippen LogP contribution in [0.4, 0.5) is 52.7 Å². The molecule has 0 spiro atoms. The Hall–Kier alpha value is -6.65. The van der Waals surface area contributed by atoms with E-state index in [1.54, 1.807) is 0 Å². The summed E-state index contributed by atoms with van der Waals surface area (Å²) in [5.74, 6) is -6.01. The van der Waals surface area contributed by atoms with Crippen LogP contribution in [-0.4, -0.2) is 83.2 Å². The Labute approximate surface area is 387 Å². The van der Waals surface area contributed by atoms with E-state index in [1.807, 2.05) is 0 Å². The number of rotatable bonds is 12. The number of para-hydroxylation sites is 2. The largest absolute Gasteiger partial charge is 0.496 e. The lowest BCUT2D eigenvalue weighted by molar-refractivity contribution is -0.164. The molecule has 2 aliphatic heterocycles. The third-order valence-corrected chi connectivity index (χ3v) is 12.3. The number of ether oxygens (including phenoxy) is 2. The average Bonchev–Trinajstić information content (AvgIpc) is 3.98. The summed E-state index contributed by atoms with van der Waals surface area (Å²) in [6, 6.07) is 7.29. The standard InChI is InChI=1S/C46H36F12N2O8S/c1-67-31-13-5-3-9-23(31)27-21-33(39(45(53,54)55)37(43(47,48)49)25(27)15-17-35(61)59-19-7-11-29(59)41(63)64)69-34-22-28(24-10-4-6-14-32(24)68-2)26(38(44(50,51)52)40(34)46(56,57)58)16-18-36(62)60-20-8-12-30(60)42(65)66/h3-6,9-10,13-18,21-22,29-30H,7-8,11-12,19-20H2,1-2H3,(H,63,64)(H,65,66)/b17-15+,18-16+. The number of methoxy groups -OCH3 is 2. The smallest absolute Gasteiger partial charge is 0.418 e. The molecule has 0 bridgehead atoms. The Kier molecular flexibility index (Phi) is 14.8. The second-order valence-corrected chi connectivity index (χ2v) is 16.5. The Morgan fingerprint density at radius 1 is 0.551 bits per heavy atom. The van der Waals surface area contributed by atoms with Gasteiger partial charge in [0.15, 0.2) is 0 Å². The minimum Gasteiger partial charge on any atom is -0.496 e. The van der Waals surface area contributed by atoms with E-state index in [0.29, 0.717) is 36.4 Å². The van der Waals surface area contributed by atoms with Crippen molar-refractivity contribution in [2.45, 2.75) is 72.3 Å². The van der Waals surface area contributed by atoms with Gasteiger partial charge in [0.1, 0.15) is 23.6 Å². The highest BCUT2D eigenvalue weighted by atomic mass is 32.2. The third kappa shape index (κ3) is 10.8. The van der Waals surface area contributed by atoms with E-state index in [0.717, 1.165) is 48.3 Å². The number of carboxylic acid groups (broad SMARTS) is 2. The van der Waals surface area contributed by atoms with Crippen LogP contribution < -0.4 is 9.47 Å². The molecule has 4 aromatic rings. The van der Waals surface area contributed by atoms with Gasteiger partial charge in [0.25, 0.3) is 0 Å². The minimum atomic E-state index is -6.15. The van der Waals surface area contributed by atoms with E-state index in [9.17, 15) is 29.4 Å². The van der Waals surface area contributed by atoms with Gasteiger partial charge in [-0.3, -0.25) is 9.59 Å². The van der Waals surface area contributed by atoms with E-state index in [4.69, 9.17) is 9.47 Å². The van der Waals surface area contributed by atoms with Crippen LogP contribution in [0.5, 0.6) is 11.5 Å². The van der Waals surface area contributed by atoms with E-state index in [1.165, 1.54) is 24.3 Å². The zero-order valence-electron chi connectivity index (χ0n) is 35.7. The zero-order chi connectivity index (χ0) is 51.0. The van der Waals surface area contributed by atoms with Gasteiger partial charge >= 0.3 is 36.6 Å². The fraction of sp³-hybridized carbons (Fsp3) is 0.304. The van der Waals surface area contributed by atoms with Crippen molar-refractivity contribution in [1.29, 1.82) is 0 Å². The highest BCUT2D eigenvalue weighted by Gasteiger charge is 2.51. The maximum absolute atomic E-state index is 15.5. The normalized spacial score (nSPS) is 17.0. The van der Waals surface area contributed by atoms with Gasteiger partial charge in [-0.05, 0) is 84.4 Å². The summed E-state index contributed by atoms with van der Waals surface area (Å²) >= 11 is -0.737. The van der Waals surface area contributed by atoms with Gasteiger partial charge in [-0.15, -0.1) is 0 Å². The average molecular weight is 1000 g/mol. The van der Waals surface area contributed by atoms with Crippen molar-refractivity contribution >= 4 is 47.7 Å². The molecule has 2 N–H and O–H groups in total. The number of halogens is 12. The minimum absolute atomic E-state index is 0.0603. The first kappa shape index (κ1) is 51.7. The number of alkyl halides is 12. The van der Waals surface area contributed by atoms with E-state index < -0.39 is 138 Å². The molecule has 0 aromatic heterocycles. The third-order valence-electron chi connectivity index (χ3n) is 11.2. The van der Waals surface area contributed by atoms with E-state index in [2.05, 4.69) is 0 Å². The molecule has 2 heterocycles. The van der Waals surface area contributed by atoms with Crippen molar-refractivity contribution in [2.24, 2.45) is 0 Å². The summed E-state index contributed by atoms with van der Waals surface area (Å²) in [6.45, 7) is -0.385. The van der Waals surface area contributed by atoms with Gasteiger partial charge in [-0.2, -0.15) is 52.7 Å². The van der Waals surface area contributed by atoms with E-state index >= 15 is 52.7 Å². The fourth-order valence-electron chi connectivity index (χ4n) is 8.38. The zero-order valence-corrected chi connectivity index (χ0v) is 36.5. The first-order valence-corrected chi connectivity index (χ1v) is 21.1. The number of carboxylic acids is 2. The molecule has 23 heteroatoms. The van der Waals surface area contributed by atoms with Crippen molar-refractivity contribution in [3.05, 3.63) is 106 Å². The van der Waals surface area contributed by atoms with Crippen LogP contribution in [0.2, 0.25) is 0 Å². The summed E-state index contributed by atoms with van der Waals surface area (Å²) in [7, 11) is 2.04. The van der Waals surface area contributed by atoms with Crippen LogP contribution in [-0.2, 0) is 43.9 Å². The van der Waals surface area contributed by atoms with Gasteiger partial charge in [0.05, 0.1) is 36.5 Å². The van der Waals surface area contributed by atoms with Crippen LogP contribution in [0.15, 0.2) is 82.6 Å². The molecule has 0 radical (unpaired) electrons. The fourth-order valence-corrected chi connectivity index (χ4v) is 9.61. The van der Waals surface area contributed by atoms with Gasteiger partial charge in [-0.1, -0.05) is 48.2 Å². The Bertz CT molecular complexity index is 2550. The summed E-state index contributed by atoms with van der Waals surface area (Å²) < 4.78 is 196. The molecule has 2 atom stereocenters. The van der Waals surface area contributed by atoms with Gasteiger partial charge in [0.2, 0.25) is 11.8 Å². The lowest BCUT2D eigenvalue weighted by Crippen LogP contribution is -2.39. The van der Waals surface area contributed by atoms with Crippen molar-refractivity contribution < 1.29 is 91.5 Å². The molecule has 69 heavy (non-hydrogen) atoms. The maximum atomic E-state index is 15.5. The highest BCUT2D eigenvalue weighted by Crippen LogP contribution is 2.56. The molecule has 10 nitrogen and oxygen atoms in total. The van der Waals surface area contributed by atoms with Crippen molar-refractivity contribution in [2.75, 3.05) is 27.3 Å². The second kappa shape index (κ2) is 19.8. The number of benzene rings is 4. The first-order valence-electron chi connectivity index (χ1n) is 20.3. The van der Waals surface area contributed by atoms with E-state index in [-0.39, 0.29) is 50.3 Å². The number of hydrogen-bond donors (Lipinski definition) is 2. The van der Waals surface area contributed by atoms with Crippen molar-refractivity contribution in [3.8, 4) is 33.8 Å². The summed E-state index contributed by atoms with van der Waals surface area (Å²) in [4.78, 5) is 48.3. The number of carbonyl (C=O) groups is 4. The Morgan fingerprint density at radius 3 is 1.19 bits per heavy atom. The lowest BCUT2D eigenvalue weighted by atomic mass is 9.90. The number of nitrogens with zero attached hydrogens (tertiary/aromatic N) is 2. The molecule has 2 amide bonds. The number of aliphatic carboxylic acids is 2. The van der Waals surface area contributed by atoms with Crippen LogP contribution in [0, 0.1) is 0 Å².